The number of hydrogen-bond donors (Lipinski definition) is 1. The molecule has 1 aliphatic carbocycles. The molecule has 2 aliphatic rings. The number of carbonyl (C=O) groups is 2. The molecule has 2 fully saturated rings. The minimum Gasteiger partial charge on any atom is -0.353 e. The number of ketones is 1. The van der Waals surface area contributed by atoms with Crippen molar-refractivity contribution in [3.05, 3.63) is 29.8 Å². The first kappa shape index (κ1) is 19.0. The van der Waals surface area contributed by atoms with Crippen LogP contribution in [0.15, 0.2) is 29.2 Å². The Morgan fingerprint density at radius 3 is 2.15 bits per heavy atom. The van der Waals surface area contributed by atoms with Crippen LogP contribution >= 0.6 is 0 Å². The maximum absolute atomic E-state index is 12.8. The molecule has 1 saturated heterocycles. The normalized spacial score (nSPS) is 20.5. The molecule has 1 atom stereocenters. The van der Waals surface area contributed by atoms with Crippen LogP contribution in [-0.4, -0.2) is 43.5 Å². The zero-order valence-electron chi connectivity index (χ0n) is 15.3. The van der Waals surface area contributed by atoms with E-state index in [4.69, 9.17) is 0 Å². The fourth-order valence-electron chi connectivity index (χ4n) is 3.43. The highest BCUT2D eigenvalue weighted by molar-refractivity contribution is 7.89. The summed E-state index contributed by atoms with van der Waals surface area (Å²) in [6.07, 6.45) is 3.43. The van der Waals surface area contributed by atoms with E-state index < -0.39 is 10.0 Å². The minimum absolute atomic E-state index is 0.0484. The summed E-state index contributed by atoms with van der Waals surface area (Å²) < 4.78 is 27.0. The van der Waals surface area contributed by atoms with Crippen molar-refractivity contribution in [1.29, 1.82) is 0 Å². The molecule has 6 nitrogen and oxygen atoms in total. The van der Waals surface area contributed by atoms with Gasteiger partial charge in [0.05, 0.1) is 4.90 Å². The van der Waals surface area contributed by atoms with Gasteiger partial charge in [0.1, 0.15) is 0 Å². The van der Waals surface area contributed by atoms with Gasteiger partial charge in [0, 0.05) is 30.6 Å². The van der Waals surface area contributed by atoms with Gasteiger partial charge in [-0.2, -0.15) is 4.31 Å². The van der Waals surface area contributed by atoms with Crippen molar-refractivity contribution in [2.45, 2.75) is 50.5 Å². The number of nitrogens with zero attached hydrogens (tertiary/aromatic N) is 1. The third-order valence-electron chi connectivity index (χ3n) is 5.42. The molecule has 0 spiro atoms. The molecule has 7 heteroatoms. The molecule has 0 radical (unpaired) electrons. The number of carbonyl (C=O) groups excluding carboxylic acids is 2. The molecule has 1 N–H and O–H groups in total. The molecule has 3 rings (SSSR count). The lowest BCUT2D eigenvalue weighted by atomic mass is 9.96. The maximum Gasteiger partial charge on any atom is 0.243 e. The zero-order chi connectivity index (χ0) is 18.9. The summed E-state index contributed by atoms with van der Waals surface area (Å²) in [5.74, 6) is 0.439. The first-order chi connectivity index (χ1) is 12.3. The van der Waals surface area contributed by atoms with Gasteiger partial charge in [0.25, 0.3) is 0 Å². The van der Waals surface area contributed by atoms with Crippen LogP contribution in [0.25, 0.3) is 0 Å². The second-order valence-electron chi connectivity index (χ2n) is 7.39. The van der Waals surface area contributed by atoms with Crippen LogP contribution in [0.2, 0.25) is 0 Å². The van der Waals surface area contributed by atoms with Crippen molar-refractivity contribution >= 4 is 21.7 Å². The number of benzene rings is 1. The fraction of sp³-hybridized carbons (Fsp3) is 0.579. The van der Waals surface area contributed by atoms with Gasteiger partial charge in [-0.1, -0.05) is 12.1 Å². The second kappa shape index (κ2) is 7.48. The fourth-order valence-corrected chi connectivity index (χ4v) is 4.90. The number of rotatable bonds is 6. The lowest BCUT2D eigenvalue weighted by Gasteiger charge is -2.31. The molecule has 1 heterocycles. The maximum atomic E-state index is 12.8. The highest BCUT2D eigenvalue weighted by Crippen LogP contribution is 2.33. The highest BCUT2D eigenvalue weighted by atomic mass is 32.2. The van der Waals surface area contributed by atoms with E-state index >= 15 is 0 Å². The van der Waals surface area contributed by atoms with Crippen LogP contribution in [0, 0.1) is 11.8 Å². The average Bonchev–Trinajstić information content (AvgIpc) is 3.47. The van der Waals surface area contributed by atoms with Crippen molar-refractivity contribution in [3.63, 3.8) is 0 Å². The summed E-state index contributed by atoms with van der Waals surface area (Å²) in [4.78, 5) is 23.9. The molecule has 0 unspecified atom stereocenters. The van der Waals surface area contributed by atoms with Crippen LogP contribution in [-0.2, 0) is 14.8 Å². The van der Waals surface area contributed by atoms with Gasteiger partial charge in [-0.05, 0) is 57.6 Å². The van der Waals surface area contributed by atoms with Crippen LogP contribution in [0.5, 0.6) is 0 Å². The molecule has 1 aromatic carbocycles. The summed E-state index contributed by atoms with van der Waals surface area (Å²) in [5.41, 5.74) is 0.490. The van der Waals surface area contributed by atoms with E-state index in [2.05, 4.69) is 5.32 Å². The van der Waals surface area contributed by atoms with Crippen LogP contribution in [0.1, 0.15) is 49.9 Å². The molecular formula is C19H26N2O4S. The lowest BCUT2D eigenvalue weighted by molar-refractivity contribution is -0.126. The molecule has 1 saturated carbocycles. The first-order valence-corrected chi connectivity index (χ1v) is 10.6. The Kier molecular flexibility index (Phi) is 5.48. The molecule has 1 aromatic rings. The van der Waals surface area contributed by atoms with E-state index in [1.807, 2.05) is 6.92 Å². The number of Topliss-reactive ketones (excluding diaryl/α,β-unsaturated/α-hetero) is 1. The Morgan fingerprint density at radius 1 is 1.08 bits per heavy atom. The standard InChI is InChI=1S/C19H26N2O4S/c1-13(15-3-4-15)20-19(23)17-9-11-21(12-10-17)26(24,25)18-7-5-16(6-8-18)14(2)22/h5-8,13,15,17H,3-4,9-12H2,1-2H3,(H,20,23)/t13-/m0/s1. The van der Waals surface area contributed by atoms with Gasteiger partial charge < -0.3 is 5.32 Å². The first-order valence-electron chi connectivity index (χ1n) is 9.20. The summed E-state index contributed by atoms with van der Waals surface area (Å²) in [6.45, 7) is 4.17. The van der Waals surface area contributed by atoms with E-state index in [1.54, 1.807) is 0 Å². The van der Waals surface area contributed by atoms with Crippen LogP contribution < -0.4 is 5.32 Å². The predicted molar refractivity (Wildman–Crippen MR) is 98.3 cm³/mol. The lowest BCUT2D eigenvalue weighted by Crippen LogP contribution is -2.45. The number of nitrogens with one attached hydrogen (secondary N) is 1. The molecule has 0 aromatic heterocycles. The summed E-state index contributed by atoms with van der Waals surface area (Å²) in [7, 11) is -3.59. The van der Waals surface area contributed by atoms with Gasteiger partial charge in [-0.25, -0.2) is 8.42 Å². The van der Waals surface area contributed by atoms with Crippen molar-refractivity contribution < 1.29 is 18.0 Å². The van der Waals surface area contributed by atoms with Gasteiger partial charge in [-0.15, -0.1) is 0 Å². The molecule has 1 aliphatic heterocycles. The van der Waals surface area contributed by atoms with Gasteiger partial charge in [-0.3, -0.25) is 9.59 Å². The summed E-state index contributed by atoms with van der Waals surface area (Å²) >= 11 is 0. The van der Waals surface area contributed by atoms with E-state index in [0.717, 1.165) is 0 Å². The Labute approximate surface area is 155 Å². The average molecular weight is 378 g/mol. The van der Waals surface area contributed by atoms with E-state index in [0.29, 0.717) is 37.4 Å². The SMILES string of the molecule is CC(=O)c1ccc(S(=O)(=O)N2CCC(C(=O)N[C@@H](C)C3CC3)CC2)cc1. The largest absolute Gasteiger partial charge is 0.353 e. The van der Waals surface area contributed by atoms with Gasteiger partial charge in [0.15, 0.2) is 5.78 Å². The van der Waals surface area contributed by atoms with Crippen molar-refractivity contribution in [1.82, 2.24) is 9.62 Å². The van der Waals surface area contributed by atoms with Crippen molar-refractivity contribution in [3.8, 4) is 0 Å². The quantitative estimate of drug-likeness (QED) is 0.769. The number of amides is 1. The summed E-state index contributed by atoms with van der Waals surface area (Å²) in [5, 5.41) is 3.07. The molecule has 1 amide bonds. The van der Waals surface area contributed by atoms with Gasteiger partial charge >= 0.3 is 0 Å². The van der Waals surface area contributed by atoms with Crippen LogP contribution in [0.4, 0.5) is 0 Å². The number of piperidine rings is 1. The predicted octanol–water partition coefficient (Wildman–Crippen LogP) is 2.20. The minimum atomic E-state index is -3.59. The number of sulfonamides is 1. The molecule has 26 heavy (non-hydrogen) atoms. The third-order valence-corrected chi connectivity index (χ3v) is 7.34. The van der Waals surface area contributed by atoms with Gasteiger partial charge in [0.2, 0.25) is 15.9 Å². The van der Waals surface area contributed by atoms with E-state index in [-0.39, 0.29) is 28.5 Å². The smallest absolute Gasteiger partial charge is 0.243 e. The Hall–Kier alpha value is -1.73. The monoisotopic (exact) mass is 378 g/mol. The Balaban J connectivity index is 1.59. The van der Waals surface area contributed by atoms with E-state index in [1.165, 1.54) is 48.3 Å². The number of hydrogen-bond acceptors (Lipinski definition) is 4. The van der Waals surface area contributed by atoms with Crippen molar-refractivity contribution in [2.75, 3.05) is 13.1 Å². The van der Waals surface area contributed by atoms with Crippen molar-refractivity contribution in [2.24, 2.45) is 11.8 Å². The summed E-state index contributed by atoms with van der Waals surface area (Å²) in [6, 6.07) is 6.23. The Bertz CT molecular complexity index is 776. The van der Waals surface area contributed by atoms with E-state index in [9.17, 15) is 18.0 Å². The molecule has 0 bridgehead atoms. The van der Waals surface area contributed by atoms with Crippen LogP contribution in [0.3, 0.4) is 0 Å². The highest BCUT2D eigenvalue weighted by Gasteiger charge is 2.34. The second-order valence-corrected chi connectivity index (χ2v) is 9.33. The Morgan fingerprint density at radius 2 is 1.65 bits per heavy atom. The topological polar surface area (TPSA) is 83.6 Å². The third kappa shape index (κ3) is 4.15. The zero-order valence-corrected chi connectivity index (χ0v) is 16.1. The molecular weight excluding hydrogens is 352 g/mol. The molecule has 142 valence electrons.